The number of rotatable bonds is 4. The molecule has 0 aromatic heterocycles. The molecule has 0 aromatic rings. The van der Waals surface area contributed by atoms with E-state index in [1.54, 1.807) is 0 Å². The van der Waals surface area contributed by atoms with Crippen molar-refractivity contribution in [1.29, 1.82) is 0 Å². The lowest BCUT2D eigenvalue weighted by Gasteiger charge is -2.04. The molecule has 2 nitrogen and oxygen atoms in total. The quantitative estimate of drug-likeness (QED) is 0.439. The first kappa shape index (κ1) is 8.09. The third kappa shape index (κ3) is 2.71. The Hall–Kier alpha value is -0.0151. The lowest BCUT2D eigenvalue weighted by Crippen LogP contribution is -2.16. The Morgan fingerprint density at radius 2 is 2.50 bits per heavy atom. The number of hydrogen-bond donors (Lipinski definition) is 0. The molecule has 10 heavy (non-hydrogen) atoms. The summed E-state index contributed by atoms with van der Waals surface area (Å²) in [6.07, 6.45) is 4.60. The molecule has 0 spiro atoms. The number of unbranched alkanes of at least 4 members (excludes halogenated alkanes) is 1. The maximum Gasteiger partial charge on any atom is 0.456 e. The summed E-state index contributed by atoms with van der Waals surface area (Å²) in [5, 5.41) is 0. The van der Waals surface area contributed by atoms with E-state index >= 15 is 0 Å². The first-order valence-electron chi connectivity index (χ1n) is 4.16. The van der Waals surface area contributed by atoms with Gasteiger partial charge in [-0.3, -0.25) is 0 Å². The minimum atomic E-state index is 0.117. The van der Waals surface area contributed by atoms with Gasteiger partial charge in [-0.15, -0.1) is 0 Å². The Bertz CT molecular complexity index is 81.7. The summed E-state index contributed by atoms with van der Waals surface area (Å²) >= 11 is 0. The van der Waals surface area contributed by atoms with Crippen molar-refractivity contribution in [3.8, 4) is 0 Å². The summed E-state index contributed by atoms with van der Waals surface area (Å²) in [4.78, 5) is 0. The molecule has 0 amide bonds. The van der Waals surface area contributed by atoms with Gasteiger partial charge < -0.3 is 9.31 Å². The van der Waals surface area contributed by atoms with Crippen molar-refractivity contribution < 1.29 is 9.31 Å². The van der Waals surface area contributed by atoms with Gasteiger partial charge in [-0.05, 0) is 19.2 Å². The van der Waals surface area contributed by atoms with E-state index in [0.717, 1.165) is 32.4 Å². The van der Waals surface area contributed by atoms with E-state index in [0.29, 0.717) is 0 Å². The number of hydrogen-bond acceptors (Lipinski definition) is 2. The maximum absolute atomic E-state index is 5.42. The highest BCUT2D eigenvalue weighted by Crippen LogP contribution is 2.10. The van der Waals surface area contributed by atoms with Crippen molar-refractivity contribution in [2.45, 2.75) is 32.5 Å². The Labute approximate surface area is 63.0 Å². The van der Waals surface area contributed by atoms with Gasteiger partial charge in [0.2, 0.25) is 0 Å². The van der Waals surface area contributed by atoms with E-state index < -0.39 is 0 Å². The second-order valence-corrected chi connectivity index (χ2v) is 2.67. The first-order chi connectivity index (χ1) is 4.93. The molecule has 0 radical (unpaired) electrons. The molecule has 0 aliphatic carbocycles. The molecule has 0 bridgehead atoms. The topological polar surface area (TPSA) is 18.5 Å². The monoisotopic (exact) mass is 142 g/mol. The first-order valence-corrected chi connectivity index (χ1v) is 4.16. The van der Waals surface area contributed by atoms with E-state index in [1.807, 2.05) is 0 Å². The van der Waals surface area contributed by atoms with Gasteiger partial charge in [0, 0.05) is 13.2 Å². The van der Waals surface area contributed by atoms with Crippen LogP contribution in [-0.4, -0.2) is 20.3 Å². The zero-order valence-corrected chi connectivity index (χ0v) is 6.64. The van der Waals surface area contributed by atoms with Gasteiger partial charge in [0.05, 0.1) is 0 Å². The van der Waals surface area contributed by atoms with Crippen molar-refractivity contribution in [1.82, 2.24) is 0 Å². The molecule has 3 heteroatoms. The Kier molecular flexibility index (Phi) is 3.84. The highest BCUT2D eigenvalue weighted by molar-refractivity contribution is 6.45. The van der Waals surface area contributed by atoms with Crippen LogP contribution < -0.4 is 0 Å². The fraction of sp³-hybridized carbons (Fsp3) is 1.00. The van der Waals surface area contributed by atoms with Gasteiger partial charge in [0.15, 0.2) is 0 Å². The van der Waals surface area contributed by atoms with E-state index in [1.165, 1.54) is 6.42 Å². The second-order valence-electron chi connectivity index (χ2n) is 2.67. The predicted molar refractivity (Wildman–Crippen MR) is 42.0 cm³/mol. The lowest BCUT2D eigenvalue weighted by atomic mass is 9.86. The van der Waals surface area contributed by atoms with Crippen LogP contribution in [0.1, 0.15) is 26.2 Å². The van der Waals surface area contributed by atoms with Crippen LogP contribution in [0.4, 0.5) is 0 Å². The SMILES string of the molecule is CCCCOB1CCCO1. The van der Waals surface area contributed by atoms with Gasteiger partial charge in [-0.25, -0.2) is 0 Å². The summed E-state index contributed by atoms with van der Waals surface area (Å²) in [7, 11) is 0.117. The van der Waals surface area contributed by atoms with Crippen LogP contribution in [0.5, 0.6) is 0 Å². The zero-order chi connectivity index (χ0) is 7.23. The molecule has 1 aliphatic rings. The zero-order valence-electron chi connectivity index (χ0n) is 6.64. The third-order valence-corrected chi connectivity index (χ3v) is 1.69. The molecule has 0 aromatic carbocycles. The molecule has 1 aliphatic heterocycles. The van der Waals surface area contributed by atoms with Crippen LogP contribution in [0.2, 0.25) is 6.32 Å². The van der Waals surface area contributed by atoms with E-state index in [2.05, 4.69) is 6.92 Å². The van der Waals surface area contributed by atoms with E-state index in [4.69, 9.17) is 9.31 Å². The van der Waals surface area contributed by atoms with Crippen LogP contribution in [-0.2, 0) is 9.31 Å². The predicted octanol–water partition coefficient (Wildman–Crippen LogP) is 1.71. The molecule has 58 valence electrons. The fourth-order valence-electron chi connectivity index (χ4n) is 1.04. The summed E-state index contributed by atoms with van der Waals surface area (Å²) in [5.74, 6) is 0. The standard InChI is InChI=1S/C7H15BO2/c1-2-3-6-9-8-5-4-7-10-8/h2-7H2,1H3. The van der Waals surface area contributed by atoms with Crippen molar-refractivity contribution in [2.24, 2.45) is 0 Å². The largest absolute Gasteiger partial charge is 0.456 e. The minimum absolute atomic E-state index is 0.117. The van der Waals surface area contributed by atoms with Crippen molar-refractivity contribution in [2.75, 3.05) is 13.2 Å². The van der Waals surface area contributed by atoms with Crippen LogP contribution >= 0.6 is 0 Å². The summed E-state index contributed by atoms with van der Waals surface area (Å²) in [5.41, 5.74) is 0. The molecular formula is C7H15BO2. The second kappa shape index (κ2) is 4.75. The smallest absolute Gasteiger partial charge is 0.411 e. The summed E-state index contributed by atoms with van der Waals surface area (Å²) in [6, 6.07) is 0. The van der Waals surface area contributed by atoms with E-state index in [-0.39, 0.29) is 7.12 Å². The Balaban J connectivity index is 1.91. The highest BCUT2D eigenvalue weighted by atomic mass is 16.6. The maximum atomic E-state index is 5.42. The average Bonchev–Trinajstić information content (AvgIpc) is 2.41. The molecule has 0 N–H and O–H groups in total. The molecule has 0 saturated carbocycles. The fourth-order valence-corrected chi connectivity index (χ4v) is 1.04. The van der Waals surface area contributed by atoms with Gasteiger partial charge in [0.25, 0.3) is 0 Å². The van der Waals surface area contributed by atoms with Gasteiger partial charge >= 0.3 is 7.12 Å². The Morgan fingerprint density at radius 3 is 3.10 bits per heavy atom. The normalized spacial score (nSPS) is 18.3. The molecule has 1 fully saturated rings. The molecule has 1 heterocycles. The average molecular weight is 142 g/mol. The molecule has 1 rings (SSSR count). The van der Waals surface area contributed by atoms with Crippen LogP contribution in [0.25, 0.3) is 0 Å². The van der Waals surface area contributed by atoms with Crippen LogP contribution in [0.3, 0.4) is 0 Å². The highest BCUT2D eigenvalue weighted by Gasteiger charge is 2.22. The molecular weight excluding hydrogens is 127 g/mol. The summed E-state index contributed by atoms with van der Waals surface area (Å²) in [6.45, 7) is 3.91. The molecule has 0 unspecified atom stereocenters. The van der Waals surface area contributed by atoms with Crippen molar-refractivity contribution in [3.63, 3.8) is 0 Å². The third-order valence-electron chi connectivity index (χ3n) is 1.69. The van der Waals surface area contributed by atoms with Crippen LogP contribution in [0.15, 0.2) is 0 Å². The minimum Gasteiger partial charge on any atom is -0.411 e. The van der Waals surface area contributed by atoms with Gasteiger partial charge in [-0.1, -0.05) is 13.3 Å². The van der Waals surface area contributed by atoms with Crippen molar-refractivity contribution >= 4 is 7.12 Å². The summed E-state index contributed by atoms with van der Waals surface area (Å²) < 4.78 is 10.7. The lowest BCUT2D eigenvalue weighted by molar-refractivity contribution is 0.222. The van der Waals surface area contributed by atoms with Crippen molar-refractivity contribution in [3.05, 3.63) is 0 Å². The van der Waals surface area contributed by atoms with Gasteiger partial charge in [0.1, 0.15) is 0 Å². The van der Waals surface area contributed by atoms with Crippen LogP contribution in [0, 0.1) is 0 Å². The molecule has 0 atom stereocenters. The van der Waals surface area contributed by atoms with Gasteiger partial charge in [-0.2, -0.15) is 0 Å². The Morgan fingerprint density at radius 1 is 1.60 bits per heavy atom. The van der Waals surface area contributed by atoms with E-state index in [9.17, 15) is 0 Å². The molecule has 1 saturated heterocycles.